The maximum Gasteiger partial charge on any atom is 0.341 e. The molecule has 4 rings (SSSR count). The molecule has 0 aliphatic heterocycles. The summed E-state index contributed by atoms with van der Waals surface area (Å²) >= 11 is 6.38. The van der Waals surface area contributed by atoms with Gasteiger partial charge in [0.05, 0.1) is 0 Å². The van der Waals surface area contributed by atoms with E-state index in [0.717, 1.165) is 17.3 Å². The first kappa shape index (κ1) is 23.7. The number of carbonyl (C=O) groups excluding carboxylic acids is 2. The molecular formula is C26H20ClN3O5. The average molecular weight is 490 g/mol. The van der Waals surface area contributed by atoms with Gasteiger partial charge in [0.15, 0.2) is 0 Å². The number of nitrogens with one attached hydrogen (secondary N) is 3. The zero-order valence-corrected chi connectivity index (χ0v) is 19.2. The molecule has 1 heterocycles. The van der Waals surface area contributed by atoms with E-state index in [1.165, 1.54) is 13.0 Å². The van der Waals surface area contributed by atoms with Crippen molar-refractivity contribution in [3.63, 3.8) is 0 Å². The second-order valence-corrected chi connectivity index (χ2v) is 8.25. The Morgan fingerprint density at radius 2 is 1.74 bits per heavy atom. The molecule has 0 aliphatic carbocycles. The lowest BCUT2D eigenvalue weighted by atomic mass is 10.0. The standard InChI is InChI=1S/C26H20ClN3O5/c1-14(29-25(33)16-7-9-18(21(27)11-16)15-5-3-2-4-6-15)24(32)30-17-8-10-22-19(12-17)23(31)20(13-28-22)26(34)35/h2-14H,1H3,(H,28,31)(H,29,33)(H,30,32)(H,34,35)/t14-/m0/s1. The molecule has 0 unspecified atom stereocenters. The number of anilines is 1. The van der Waals surface area contributed by atoms with E-state index >= 15 is 0 Å². The molecule has 1 atom stereocenters. The maximum atomic E-state index is 12.7. The Bertz CT molecular complexity index is 1510. The van der Waals surface area contributed by atoms with E-state index < -0.39 is 34.8 Å². The van der Waals surface area contributed by atoms with Crippen molar-refractivity contribution in [3.05, 3.63) is 99.3 Å². The summed E-state index contributed by atoms with van der Waals surface area (Å²) in [6, 6.07) is 18.0. The summed E-state index contributed by atoms with van der Waals surface area (Å²) in [7, 11) is 0. The predicted molar refractivity (Wildman–Crippen MR) is 134 cm³/mol. The number of carboxylic acids is 1. The number of amides is 2. The Balaban J connectivity index is 1.46. The van der Waals surface area contributed by atoms with Crippen LogP contribution in [-0.2, 0) is 4.79 Å². The molecule has 0 radical (unpaired) electrons. The van der Waals surface area contributed by atoms with Crippen LogP contribution in [0, 0.1) is 0 Å². The minimum absolute atomic E-state index is 0.118. The molecule has 3 aromatic carbocycles. The number of carboxylic acid groups (broad SMARTS) is 1. The van der Waals surface area contributed by atoms with Crippen molar-refractivity contribution in [1.29, 1.82) is 0 Å². The first-order chi connectivity index (χ1) is 16.7. The van der Waals surface area contributed by atoms with E-state index in [1.807, 2.05) is 30.3 Å². The first-order valence-electron chi connectivity index (χ1n) is 10.6. The van der Waals surface area contributed by atoms with E-state index in [2.05, 4.69) is 15.6 Å². The van der Waals surface area contributed by atoms with Crippen LogP contribution in [0.25, 0.3) is 22.0 Å². The number of aromatic carboxylic acids is 1. The van der Waals surface area contributed by atoms with Gasteiger partial charge in [0.25, 0.3) is 5.91 Å². The monoisotopic (exact) mass is 489 g/mol. The van der Waals surface area contributed by atoms with E-state index in [4.69, 9.17) is 16.7 Å². The fourth-order valence-electron chi connectivity index (χ4n) is 3.56. The Labute approximate surface area is 204 Å². The van der Waals surface area contributed by atoms with Gasteiger partial charge in [-0.15, -0.1) is 0 Å². The number of halogens is 1. The van der Waals surface area contributed by atoms with Crippen molar-refractivity contribution in [2.45, 2.75) is 13.0 Å². The van der Waals surface area contributed by atoms with Crippen LogP contribution in [0.1, 0.15) is 27.6 Å². The zero-order valence-electron chi connectivity index (χ0n) is 18.5. The highest BCUT2D eigenvalue weighted by Gasteiger charge is 2.19. The second-order valence-electron chi connectivity index (χ2n) is 7.84. The predicted octanol–water partition coefficient (Wildman–Crippen LogP) is 4.30. The van der Waals surface area contributed by atoms with Gasteiger partial charge in [-0.25, -0.2) is 4.79 Å². The highest BCUT2D eigenvalue weighted by Crippen LogP contribution is 2.28. The fourth-order valence-corrected chi connectivity index (χ4v) is 3.85. The summed E-state index contributed by atoms with van der Waals surface area (Å²) in [6.07, 6.45) is 1.13. The van der Waals surface area contributed by atoms with Crippen LogP contribution in [0.2, 0.25) is 5.02 Å². The Kier molecular flexibility index (Phi) is 6.66. The Morgan fingerprint density at radius 3 is 2.43 bits per heavy atom. The molecule has 8 nitrogen and oxygen atoms in total. The number of hydrogen-bond donors (Lipinski definition) is 4. The van der Waals surface area contributed by atoms with Crippen molar-refractivity contribution < 1.29 is 19.5 Å². The molecule has 0 saturated heterocycles. The van der Waals surface area contributed by atoms with Crippen molar-refractivity contribution in [2.24, 2.45) is 0 Å². The molecule has 176 valence electrons. The Morgan fingerprint density at radius 1 is 1.00 bits per heavy atom. The number of pyridine rings is 1. The topological polar surface area (TPSA) is 128 Å². The number of fused-ring (bicyclic) bond motifs is 1. The number of benzene rings is 3. The van der Waals surface area contributed by atoms with Crippen molar-refractivity contribution in [2.75, 3.05) is 5.32 Å². The minimum atomic E-state index is -1.35. The third-order valence-electron chi connectivity index (χ3n) is 5.44. The Hall–Kier alpha value is -4.43. The normalized spacial score (nSPS) is 11.6. The van der Waals surface area contributed by atoms with Gasteiger partial charge in [-0.05, 0) is 42.8 Å². The van der Waals surface area contributed by atoms with Crippen LogP contribution < -0.4 is 16.1 Å². The average Bonchev–Trinajstić information content (AvgIpc) is 2.84. The second kappa shape index (κ2) is 9.82. The highest BCUT2D eigenvalue weighted by molar-refractivity contribution is 6.33. The van der Waals surface area contributed by atoms with Gasteiger partial charge < -0.3 is 20.7 Å². The van der Waals surface area contributed by atoms with E-state index in [0.29, 0.717) is 16.1 Å². The summed E-state index contributed by atoms with van der Waals surface area (Å²) in [5, 5.41) is 14.9. The van der Waals surface area contributed by atoms with E-state index in [9.17, 15) is 19.2 Å². The third kappa shape index (κ3) is 5.07. The molecule has 2 amide bonds. The summed E-state index contributed by atoms with van der Waals surface area (Å²) in [5.74, 6) is -2.35. The maximum absolute atomic E-state index is 12.7. The highest BCUT2D eigenvalue weighted by atomic mass is 35.5. The quantitative estimate of drug-likeness (QED) is 0.321. The number of aromatic nitrogens is 1. The summed E-state index contributed by atoms with van der Waals surface area (Å²) in [6.45, 7) is 1.52. The number of aromatic amines is 1. The van der Waals surface area contributed by atoms with Crippen LogP contribution in [0.15, 0.2) is 77.7 Å². The fraction of sp³-hybridized carbons (Fsp3) is 0.0769. The SMILES string of the molecule is C[C@H](NC(=O)c1ccc(-c2ccccc2)c(Cl)c1)C(=O)Nc1ccc2[nH]cc(C(=O)O)c(=O)c2c1. The van der Waals surface area contributed by atoms with Gasteiger partial charge in [-0.2, -0.15) is 0 Å². The number of H-pyrrole nitrogens is 1. The molecule has 0 bridgehead atoms. The smallest absolute Gasteiger partial charge is 0.341 e. The van der Waals surface area contributed by atoms with Gasteiger partial charge in [0.1, 0.15) is 11.6 Å². The molecule has 0 fully saturated rings. The molecule has 4 N–H and O–H groups in total. The van der Waals surface area contributed by atoms with E-state index in [-0.39, 0.29) is 11.1 Å². The summed E-state index contributed by atoms with van der Waals surface area (Å²) in [4.78, 5) is 51.7. The lowest BCUT2D eigenvalue weighted by Gasteiger charge is -2.15. The zero-order chi connectivity index (χ0) is 25.1. The molecule has 9 heteroatoms. The van der Waals surface area contributed by atoms with Crippen LogP contribution in [0.4, 0.5) is 5.69 Å². The van der Waals surface area contributed by atoms with Crippen LogP contribution in [0.3, 0.4) is 0 Å². The van der Waals surface area contributed by atoms with Gasteiger partial charge in [0, 0.05) is 38.9 Å². The summed E-state index contributed by atoms with van der Waals surface area (Å²) < 4.78 is 0. The van der Waals surface area contributed by atoms with Crippen molar-refractivity contribution >= 4 is 46.0 Å². The summed E-state index contributed by atoms with van der Waals surface area (Å²) in [5.41, 5.74) is 1.64. The minimum Gasteiger partial charge on any atom is -0.477 e. The number of rotatable bonds is 6. The van der Waals surface area contributed by atoms with Gasteiger partial charge in [-0.1, -0.05) is 48.0 Å². The lowest BCUT2D eigenvalue weighted by Crippen LogP contribution is -2.41. The van der Waals surface area contributed by atoms with Crippen LogP contribution >= 0.6 is 11.6 Å². The van der Waals surface area contributed by atoms with Gasteiger partial charge in [0.2, 0.25) is 11.3 Å². The molecule has 4 aromatic rings. The van der Waals surface area contributed by atoms with Crippen molar-refractivity contribution in [1.82, 2.24) is 10.3 Å². The van der Waals surface area contributed by atoms with Gasteiger partial charge in [-0.3, -0.25) is 14.4 Å². The molecule has 0 spiro atoms. The van der Waals surface area contributed by atoms with Gasteiger partial charge >= 0.3 is 5.97 Å². The number of hydrogen-bond acceptors (Lipinski definition) is 4. The lowest BCUT2D eigenvalue weighted by molar-refractivity contribution is -0.117. The molecule has 0 aliphatic rings. The molecule has 0 saturated carbocycles. The molecule has 1 aromatic heterocycles. The molecule has 35 heavy (non-hydrogen) atoms. The molecular weight excluding hydrogens is 470 g/mol. The van der Waals surface area contributed by atoms with Crippen LogP contribution in [0.5, 0.6) is 0 Å². The van der Waals surface area contributed by atoms with Crippen LogP contribution in [-0.4, -0.2) is 33.9 Å². The largest absolute Gasteiger partial charge is 0.477 e. The number of carbonyl (C=O) groups is 3. The third-order valence-corrected chi connectivity index (χ3v) is 5.75. The van der Waals surface area contributed by atoms with Crippen molar-refractivity contribution in [3.8, 4) is 11.1 Å². The van der Waals surface area contributed by atoms with E-state index in [1.54, 1.807) is 30.3 Å². The first-order valence-corrected chi connectivity index (χ1v) is 11.0.